The Morgan fingerprint density at radius 3 is 2.83 bits per heavy atom. The molecular weight excluding hydrogens is 439 g/mol. The van der Waals surface area contributed by atoms with Crippen molar-refractivity contribution in [3.63, 3.8) is 0 Å². The van der Waals surface area contributed by atoms with E-state index in [1.54, 1.807) is 6.07 Å². The molecule has 4 rings (SSSR count). The van der Waals surface area contributed by atoms with Crippen LogP contribution in [0, 0.1) is 5.82 Å². The van der Waals surface area contributed by atoms with Gasteiger partial charge in [0, 0.05) is 36.8 Å². The van der Waals surface area contributed by atoms with Gasteiger partial charge in [-0.05, 0) is 30.3 Å². The van der Waals surface area contributed by atoms with Crippen molar-refractivity contribution in [3.05, 3.63) is 69.6 Å². The Hall–Kier alpha value is -2.40. The number of nitrogens with zero attached hydrogens (tertiary/aromatic N) is 3. The number of sulfonamides is 1. The number of thiophene rings is 1. The van der Waals surface area contributed by atoms with E-state index in [0.717, 1.165) is 17.4 Å². The molecule has 0 unspecified atom stereocenters. The largest absolute Gasteiger partial charge is 0.290 e. The number of halogens is 2. The van der Waals surface area contributed by atoms with E-state index in [0.29, 0.717) is 22.0 Å². The van der Waals surface area contributed by atoms with Gasteiger partial charge in [0.25, 0.3) is 15.9 Å². The van der Waals surface area contributed by atoms with Crippen molar-refractivity contribution in [2.45, 2.75) is 17.2 Å². The Morgan fingerprint density at radius 1 is 1.28 bits per heavy atom. The van der Waals surface area contributed by atoms with Crippen LogP contribution in [0.1, 0.15) is 21.6 Å². The van der Waals surface area contributed by atoms with Gasteiger partial charge in [-0.2, -0.15) is 4.31 Å². The number of fused-ring (bicyclic) bond motifs is 1. The van der Waals surface area contributed by atoms with Gasteiger partial charge < -0.3 is 0 Å². The van der Waals surface area contributed by atoms with Crippen molar-refractivity contribution in [1.82, 2.24) is 14.3 Å². The summed E-state index contributed by atoms with van der Waals surface area (Å²) < 4.78 is 40.7. The number of anilines is 1. The second-order valence-electron chi connectivity index (χ2n) is 6.28. The van der Waals surface area contributed by atoms with Crippen LogP contribution < -0.4 is 5.32 Å². The maximum atomic E-state index is 13.3. The van der Waals surface area contributed by atoms with Crippen LogP contribution in [0.25, 0.3) is 0 Å². The van der Waals surface area contributed by atoms with E-state index in [4.69, 9.17) is 11.6 Å². The van der Waals surface area contributed by atoms with Crippen LogP contribution in [-0.4, -0.2) is 35.1 Å². The average Bonchev–Trinajstić information content (AvgIpc) is 3.14. The number of hydrogen-bond donors (Lipinski definition) is 1. The predicted molar refractivity (Wildman–Crippen MR) is 107 cm³/mol. The van der Waals surface area contributed by atoms with Crippen LogP contribution >= 0.6 is 22.9 Å². The van der Waals surface area contributed by atoms with Crippen LogP contribution in [0.3, 0.4) is 0 Å². The van der Waals surface area contributed by atoms with E-state index >= 15 is 0 Å². The van der Waals surface area contributed by atoms with Gasteiger partial charge in [0.05, 0.1) is 10.0 Å². The summed E-state index contributed by atoms with van der Waals surface area (Å²) in [6.07, 6.45) is 1.87. The number of carbonyl (C=O) groups is 1. The molecule has 11 heteroatoms. The molecule has 3 heterocycles. The smallest absolute Gasteiger partial charge is 0.258 e. The highest BCUT2D eigenvalue weighted by Gasteiger charge is 2.30. The summed E-state index contributed by atoms with van der Waals surface area (Å²) in [5, 5.41) is 2.53. The van der Waals surface area contributed by atoms with E-state index < -0.39 is 21.7 Å². The number of amides is 1. The van der Waals surface area contributed by atoms with E-state index in [9.17, 15) is 17.6 Å². The SMILES string of the molecule is O=C(Nc1ncc2c(n1)CCN(S(=O)(=O)c1ccc(Cl)s1)C2)c1cccc(F)c1. The lowest BCUT2D eigenvalue weighted by atomic mass is 10.1. The van der Waals surface area contributed by atoms with Crippen LogP contribution in [0.5, 0.6) is 0 Å². The highest BCUT2D eigenvalue weighted by Crippen LogP contribution is 2.30. The molecule has 0 radical (unpaired) electrons. The quantitative estimate of drug-likeness (QED) is 0.655. The normalized spacial score (nSPS) is 14.4. The van der Waals surface area contributed by atoms with Crippen molar-refractivity contribution < 1.29 is 17.6 Å². The van der Waals surface area contributed by atoms with Crippen LogP contribution in [0.2, 0.25) is 4.34 Å². The van der Waals surface area contributed by atoms with Gasteiger partial charge in [-0.25, -0.2) is 22.8 Å². The van der Waals surface area contributed by atoms with E-state index in [2.05, 4.69) is 15.3 Å². The van der Waals surface area contributed by atoms with Crippen LogP contribution in [0.15, 0.2) is 46.8 Å². The Balaban J connectivity index is 1.51. The second-order valence-corrected chi connectivity index (χ2v) is 10.2. The highest BCUT2D eigenvalue weighted by molar-refractivity contribution is 7.91. The lowest BCUT2D eigenvalue weighted by Gasteiger charge is -2.26. The molecule has 0 saturated heterocycles. The van der Waals surface area contributed by atoms with Gasteiger partial charge in [-0.3, -0.25) is 10.1 Å². The molecule has 0 aliphatic carbocycles. The molecule has 0 atom stereocenters. The van der Waals surface area contributed by atoms with E-state index in [1.807, 2.05) is 0 Å². The molecule has 0 bridgehead atoms. The van der Waals surface area contributed by atoms with Gasteiger partial charge in [0.15, 0.2) is 0 Å². The summed E-state index contributed by atoms with van der Waals surface area (Å²) in [7, 11) is -3.65. The molecule has 1 aromatic carbocycles. The fourth-order valence-electron chi connectivity index (χ4n) is 2.92. The minimum Gasteiger partial charge on any atom is -0.290 e. The molecule has 0 spiro atoms. The third-order valence-corrected chi connectivity index (χ3v) is 7.90. The molecule has 2 aromatic heterocycles. The summed E-state index contributed by atoms with van der Waals surface area (Å²) in [5.41, 5.74) is 1.47. The summed E-state index contributed by atoms with van der Waals surface area (Å²) in [6, 6.07) is 8.32. The second kappa shape index (κ2) is 7.79. The van der Waals surface area contributed by atoms with Crippen molar-refractivity contribution in [2.75, 3.05) is 11.9 Å². The fraction of sp³-hybridized carbons (Fsp3) is 0.167. The first kappa shape index (κ1) is 19.9. The van der Waals surface area contributed by atoms with Gasteiger partial charge in [0.1, 0.15) is 10.0 Å². The number of aromatic nitrogens is 2. The van der Waals surface area contributed by atoms with Crippen LogP contribution in [-0.2, 0) is 23.0 Å². The lowest BCUT2D eigenvalue weighted by molar-refractivity contribution is 0.102. The monoisotopic (exact) mass is 452 g/mol. The molecule has 150 valence electrons. The van der Waals surface area contributed by atoms with E-state index in [-0.39, 0.29) is 28.8 Å². The standard InChI is InChI=1S/C18H14ClFN4O3S2/c19-15-4-5-16(28-15)29(26,27)24-7-6-14-12(10-24)9-21-18(22-14)23-17(25)11-2-1-3-13(20)8-11/h1-5,8-9H,6-7,10H2,(H,21,22,23,25). The molecule has 3 aromatic rings. The number of carbonyl (C=O) groups excluding carboxylic acids is 1. The van der Waals surface area contributed by atoms with Crippen LogP contribution in [0.4, 0.5) is 10.3 Å². The van der Waals surface area contributed by atoms with Crippen molar-refractivity contribution in [1.29, 1.82) is 0 Å². The Bertz CT molecular complexity index is 1200. The minimum absolute atomic E-state index is 0.0827. The zero-order valence-electron chi connectivity index (χ0n) is 14.8. The summed E-state index contributed by atoms with van der Waals surface area (Å²) in [4.78, 5) is 20.6. The third-order valence-electron chi connectivity index (χ3n) is 4.35. The minimum atomic E-state index is -3.65. The maximum absolute atomic E-state index is 13.3. The number of rotatable bonds is 4. The maximum Gasteiger partial charge on any atom is 0.258 e. The topological polar surface area (TPSA) is 92.3 Å². The first-order chi connectivity index (χ1) is 13.8. The van der Waals surface area contributed by atoms with Crippen molar-refractivity contribution in [2.24, 2.45) is 0 Å². The number of hydrogen-bond acceptors (Lipinski definition) is 6. The van der Waals surface area contributed by atoms with Gasteiger partial charge >= 0.3 is 0 Å². The van der Waals surface area contributed by atoms with Gasteiger partial charge in [-0.1, -0.05) is 17.7 Å². The summed E-state index contributed by atoms with van der Waals surface area (Å²) in [6.45, 7) is 0.379. The Kier molecular flexibility index (Phi) is 5.34. The number of nitrogens with one attached hydrogen (secondary N) is 1. The van der Waals surface area contributed by atoms with Crippen molar-refractivity contribution in [3.8, 4) is 0 Å². The molecule has 29 heavy (non-hydrogen) atoms. The fourth-order valence-corrected chi connectivity index (χ4v) is 5.98. The zero-order chi connectivity index (χ0) is 20.6. The molecule has 1 amide bonds. The Morgan fingerprint density at radius 2 is 2.10 bits per heavy atom. The van der Waals surface area contributed by atoms with Crippen molar-refractivity contribution >= 4 is 44.8 Å². The average molecular weight is 453 g/mol. The zero-order valence-corrected chi connectivity index (χ0v) is 17.2. The molecule has 1 N–H and O–H groups in total. The van der Waals surface area contributed by atoms with Gasteiger partial charge in [0.2, 0.25) is 5.95 Å². The van der Waals surface area contributed by atoms with E-state index in [1.165, 1.54) is 34.8 Å². The lowest BCUT2D eigenvalue weighted by Crippen LogP contribution is -2.36. The molecule has 1 aliphatic heterocycles. The Labute approximate surface area is 175 Å². The first-order valence-corrected chi connectivity index (χ1v) is 11.1. The third kappa shape index (κ3) is 4.15. The molecule has 7 nitrogen and oxygen atoms in total. The summed E-state index contributed by atoms with van der Waals surface area (Å²) >= 11 is 6.87. The first-order valence-electron chi connectivity index (χ1n) is 8.50. The predicted octanol–water partition coefficient (Wildman–Crippen LogP) is 3.33. The molecule has 0 fully saturated rings. The summed E-state index contributed by atoms with van der Waals surface area (Å²) in [5.74, 6) is -0.962. The molecular formula is C18H14ClFN4O3S2. The molecule has 0 saturated carbocycles. The number of benzene rings is 1. The molecule has 1 aliphatic rings. The van der Waals surface area contributed by atoms with Gasteiger partial charge in [-0.15, -0.1) is 11.3 Å². The highest BCUT2D eigenvalue weighted by atomic mass is 35.5.